The van der Waals surface area contributed by atoms with Crippen LogP contribution in [0.5, 0.6) is 17.2 Å². The molecule has 0 heterocycles. The molecule has 0 amide bonds. The van der Waals surface area contributed by atoms with Gasteiger partial charge in [-0.2, -0.15) is 0 Å². The van der Waals surface area contributed by atoms with E-state index in [9.17, 15) is 4.79 Å². The molecule has 6 aromatic rings. The van der Waals surface area contributed by atoms with Gasteiger partial charge in [-0.05, 0) is 43.3 Å². The molecule has 0 aliphatic rings. The minimum atomic E-state index is -3.05. The van der Waals surface area contributed by atoms with Crippen LogP contribution >= 0.6 is 6.72 Å². The number of carbonyl (C=O) groups is 1. The molecule has 0 N–H and O–H groups in total. The number of para-hydroxylation sites is 3. The smallest absolute Gasteiger partial charge is 0.441 e. The molecule has 0 atom stereocenters. The number of rotatable bonds is 11. The van der Waals surface area contributed by atoms with Crippen LogP contribution in [-0.4, -0.2) is 5.97 Å². The van der Waals surface area contributed by atoms with Gasteiger partial charge in [-0.1, -0.05) is 152 Å². The van der Waals surface area contributed by atoms with Crippen molar-refractivity contribution in [2.75, 3.05) is 0 Å². The maximum absolute atomic E-state index is 12.6. The third-order valence-electron chi connectivity index (χ3n) is 7.02. The zero-order chi connectivity index (χ0) is 33.7. The van der Waals surface area contributed by atoms with E-state index in [1.165, 1.54) is 0 Å². The molecular formula is C41H35O5PS. The maximum atomic E-state index is 12.6. The van der Waals surface area contributed by atoms with E-state index in [1.54, 1.807) is 6.92 Å². The summed E-state index contributed by atoms with van der Waals surface area (Å²) in [5.74, 6) is 1.42. The van der Waals surface area contributed by atoms with Gasteiger partial charge in [0.2, 0.25) is 0 Å². The fraction of sp³-hybridized carbons (Fsp3) is 0.0488. The SMILES string of the molecule is C=C(C)C(=O)OC(c1ccccc1)(c1ccccc1)c1ccccc1.S=P(Oc1ccccc1)(Oc1ccccc1)Oc1ccccc1. The van der Waals surface area contributed by atoms with E-state index in [-0.39, 0.29) is 0 Å². The Labute approximate surface area is 287 Å². The second-order valence-corrected chi connectivity index (χ2v) is 13.4. The van der Waals surface area contributed by atoms with E-state index in [2.05, 4.69) is 6.58 Å². The summed E-state index contributed by atoms with van der Waals surface area (Å²) in [6, 6.07) is 57.3. The van der Waals surface area contributed by atoms with Gasteiger partial charge in [-0.3, -0.25) is 0 Å². The van der Waals surface area contributed by atoms with Crippen molar-refractivity contribution in [2.24, 2.45) is 0 Å². The zero-order valence-corrected chi connectivity index (χ0v) is 28.1. The Hall–Kier alpha value is -5.42. The first-order valence-corrected chi connectivity index (χ1v) is 17.8. The Morgan fingerprint density at radius 2 is 0.750 bits per heavy atom. The monoisotopic (exact) mass is 670 g/mol. The van der Waals surface area contributed by atoms with Crippen LogP contribution in [0.25, 0.3) is 0 Å². The van der Waals surface area contributed by atoms with E-state index in [4.69, 9.17) is 30.1 Å². The average molecular weight is 671 g/mol. The first kappa shape index (κ1) is 33.9. The van der Waals surface area contributed by atoms with E-state index >= 15 is 0 Å². The topological polar surface area (TPSA) is 54.0 Å². The number of carbonyl (C=O) groups excluding carboxylic acids is 1. The zero-order valence-electron chi connectivity index (χ0n) is 26.4. The summed E-state index contributed by atoms with van der Waals surface area (Å²) in [4.78, 5) is 12.6. The largest absolute Gasteiger partial charge is 0.490 e. The molecule has 0 saturated heterocycles. The highest BCUT2D eigenvalue weighted by molar-refractivity contribution is 8.08. The number of hydrogen-bond acceptors (Lipinski definition) is 6. The lowest BCUT2D eigenvalue weighted by Crippen LogP contribution is -2.35. The Morgan fingerprint density at radius 1 is 0.500 bits per heavy atom. The molecular weight excluding hydrogens is 635 g/mol. The molecule has 0 spiro atoms. The van der Waals surface area contributed by atoms with Crippen molar-refractivity contribution in [1.82, 2.24) is 0 Å². The van der Waals surface area contributed by atoms with Gasteiger partial charge in [0.15, 0.2) is 5.60 Å². The number of esters is 1. The molecule has 7 heteroatoms. The second-order valence-electron chi connectivity index (χ2n) is 10.6. The first-order valence-electron chi connectivity index (χ1n) is 15.3. The molecule has 0 unspecified atom stereocenters. The third-order valence-corrected chi connectivity index (χ3v) is 8.99. The van der Waals surface area contributed by atoms with Crippen LogP contribution in [0, 0.1) is 0 Å². The highest BCUT2D eigenvalue weighted by atomic mass is 32.5. The van der Waals surface area contributed by atoms with Crippen molar-refractivity contribution < 1.29 is 23.1 Å². The van der Waals surface area contributed by atoms with Crippen molar-refractivity contribution in [3.8, 4) is 17.2 Å². The maximum Gasteiger partial charge on any atom is 0.490 e. The first-order chi connectivity index (χ1) is 23.4. The van der Waals surface area contributed by atoms with Crippen molar-refractivity contribution in [3.63, 3.8) is 0 Å². The van der Waals surface area contributed by atoms with Crippen LogP contribution in [0.4, 0.5) is 0 Å². The van der Waals surface area contributed by atoms with Gasteiger partial charge in [0, 0.05) is 34.1 Å². The van der Waals surface area contributed by atoms with E-state index < -0.39 is 18.3 Å². The minimum Gasteiger partial charge on any atom is -0.441 e. The quantitative estimate of drug-likeness (QED) is 0.0592. The molecule has 0 bridgehead atoms. The standard InChI is InChI=1S/C23H20O2.C18H15O3PS/c1-18(2)22(24)25-23(19-12-6-3-7-13-19,20-14-8-4-9-15-20)21-16-10-5-11-17-21;23-22(19-16-10-4-1-5-11-16,20-17-12-6-2-7-13-17)21-18-14-8-3-9-15-18/h3-17H,1H2,2H3;1-15H. The van der Waals surface area contributed by atoms with Crippen LogP contribution in [-0.2, 0) is 26.9 Å². The fourth-order valence-corrected chi connectivity index (χ4v) is 6.83. The molecule has 6 rings (SSSR count). The molecule has 6 aromatic carbocycles. The van der Waals surface area contributed by atoms with Gasteiger partial charge in [-0.25, -0.2) is 4.79 Å². The molecule has 0 radical (unpaired) electrons. The van der Waals surface area contributed by atoms with Crippen LogP contribution in [0.2, 0.25) is 0 Å². The highest BCUT2D eigenvalue weighted by Crippen LogP contribution is 2.50. The molecule has 0 saturated carbocycles. The number of ether oxygens (including phenoxy) is 1. The Kier molecular flexibility index (Phi) is 11.6. The molecule has 0 fully saturated rings. The molecule has 5 nitrogen and oxygen atoms in total. The van der Waals surface area contributed by atoms with Crippen LogP contribution in [0.3, 0.4) is 0 Å². The number of benzene rings is 6. The van der Waals surface area contributed by atoms with Gasteiger partial charge in [-0.15, -0.1) is 0 Å². The summed E-state index contributed by atoms with van der Waals surface area (Å²) < 4.78 is 23.8. The molecule has 0 aliphatic heterocycles. The van der Waals surface area contributed by atoms with Crippen LogP contribution in [0.1, 0.15) is 23.6 Å². The van der Waals surface area contributed by atoms with Crippen LogP contribution in [0.15, 0.2) is 194 Å². The number of hydrogen-bond donors (Lipinski definition) is 0. The lowest BCUT2D eigenvalue weighted by molar-refractivity contribution is -0.148. The predicted octanol–water partition coefficient (Wildman–Crippen LogP) is 10.5. The molecule has 0 aliphatic carbocycles. The van der Waals surface area contributed by atoms with Crippen molar-refractivity contribution >= 4 is 24.5 Å². The third kappa shape index (κ3) is 8.89. The lowest BCUT2D eigenvalue weighted by Gasteiger charge is -2.35. The minimum absolute atomic E-state index is 0.368. The van der Waals surface area contributed by atoms with Gasteiger partial charge in [0.1, 0.15) is 17.2 Å². The van der Waals surface area contributed by atoms with Crippen LogP contribution < -0.4 is 13.6 Å². The lowest BCUT2D eigenvalue weighted by atomic mass is 9.80. The Morgan fingerprint density at radius 3 is 1.00 bits per heavy atom. The molecule has 0 aromatic heterocycles. The summed E-state index contributed by atoms with van der Waals surface area (Å²) in [5.41, 5.74) is 2.01. The summed E-state index contributed by atoms with van der Waals surface area (Å²) in [5, 5.41) is 0. The van der Waals surface area contributed by atoms with Gasteiger partial charge < -0.3 is 18.3 Å². The highest BCUT2D eigenvalue weighted by Gasteiger charge is 2.40. The summed E-state index contributed by atoms with van der Waals surface area (Å²) in [6.07, 6.45) is 0. The van der Waals surface area contributed by atoms with Crippen molar-refractivity contribution in [1.29, 1.82) is 0 Å². The van der Waals surface area contributed by atoms with Crippen molar-refractivity contribution in [3.05, 3.63) is 211 Å². The van der Waals surface area contributed by atoms with E-state index in [1.807, 2.05) is 182 Å². The average Bonchev–Trinajstić information content (AvgIpc) is 3.13. The van der Waals surface area contributed by atoms with Gasteiger partial charge in [0.05, 0.1) is 0 Å². The summed E-state index contributed by atoms with van der Waals surface area (Å²) in [6.45, 7) is 2.35. The normalized spacial score (nSPS) is 10.9. The second kappa shape index (κ2) is 16.4. The fourth-order valence-electron chi connectivity index (χ4n) is 4.81. The molecule has 240 valence electrons. The summed E-state index contributed by atoms with van der Waals surface area (Å²) >= 11 is 5.59. The predicted molar refractivity (Wildman–Crippen MR) is 196 cm³/mol. The Balaban J connectivity index is 0.000000188. The Bertz CT molecular complexity index is 1720. The van der Waals surface area contributed by atoms with Gasteiger partial charge >= 0.3 is 12.7 Å². The summed E-state index contributed by atoms with van der Waals surface area (Å²) in [7, 11) is 0. The van der Waals surface area contributed by atoms with E-state index in [0.29, 0.717) is 22.8 Å². The van der Waals surface area contributed by atoms with Crippen molar-refractivity contribution in [2.45, 2.75) is 12.5 Å². The molecule has 48 heavy (non-hydrogen) atoms. The van der Waals surface area contributed by atoms with E-state index in [0.717, 1.165) is 16.7 Å². The van der Waals surface area contributed by atoms with Gasteiger partial charge in [0.25, 0.3) is 0 Å².